The van der Waals surface area contributed by atoms with E-state index in [0.717, 1.165) is 51.3 Å². The molecule has 0 fully saturated rings. The van der Waals surface area contributed by atoms with Crippen molar-refractivity contribution >= 4 is 22.8 Å². The highest BCUT2D eigenvalue weighted by atomic mass is 16.5. The van der Waals surface area contributed by atoms with Gasteiger partial charge in [-0.25, -0.2) is 0 Å². The van der Waals surface area contributed by atoms with Crippen molar-refractivity contribution in [1.29, 1.82) is 0 Å². The number of fused-ring (bicyclic) bond motifs is 3. The molecule has 0 atom stereocenters. The van der Waals surface area contributed by atoms with Gasteiger partial charge in [0.25, 0.3) is 0 Å². The van der Waals surface area contributed by atoms with Crippen LogP contribution in [-0.2, 0) is 19.6 Å². The van der Waals surface area contributed by atoms with Crippen molar-refractivity contribution in [2.45, 2.75) is 33.5 Å². The Labute approximate surface area is 209 Å². The highest BCUT2D eigenvalue weighted by Crippen LogP contribution is 2.43. The first-order valence-electron chi connectivity index (χ1n) is 12.1. The van der Waals surface area contributed by atoms with E-state index in [9.17, 15) is 4.79 Å². The van der Waals surface area contributed by atoms with Crippen molar-refractivity contribution in [3.63, 3.8) is 0 Å². The number of ketones is 1. The summed E-state index contributed by atoms with van der Waals surface area (Å²) in [5.74, 6) is 2.36. The van der Waals surface area contributed by atoms with Gasteiger partial charge < -0.3 is 18.8 Å². The molecule has 2 aliphatic heterocycles. The lowest BCUT2D eigenvalue weighted by atomic mass is 10.00. The maximum atomic E-state index is 13.5. The monoisotopic (exact) mass is 481 g/mol. The first kappa shape index (κ1) is 22.4. The predicted molar refractivity (Wildman–Crippen MR) is 137 cm³/mol. The molecule has 0 saturated heterocycles. The molecular weight excluding hydrogens is 454 g/mol. The SMILES string of the molecule is CCn1cc(/C=C2\Oc3c(cc4c(c3C)OCN(Cc3ccccn3)C4)C2=O)c2cc(OC)ccc21. The Morgan fingerprint density at radius 3 is 2.83 bits per heavy atom. The summed E-state index contributed by atoms with van der Waals surface area (Å²) in [7, 11) is 1.65. The van der Waals surface area contributed by atoms with Gasteiger partial charge in [-0.1, -0.05) is 6.07 Å². The molecule has 6 rings (SSSR count). The van der Waals surface area contributed by atoms with Crippen LogP contribution in [0.3, 0.4) is 0 Å². The number of hydrogen-bond donors (Lipinski definition) is 0. The highest BCUT2D eigenvalue weighted by Gasteiger charge is 2.34. The summed E-state index contributed by atoms with van der Waals surface area (Å²) in [5, 5.41) is 1.01. The maximum Gasteiger partial charge on any atom is 0.231 e. The fraction of sp³-hybridized carbons (Fsp3) is 0.241. The lowest BCUT2D eigenvalue weighted by Crippen LogP contribution is -2.32. The number of methoxy groups -OCH3 is 1. The molecule has 0 unspecified atom stereocenters. The molecule has 182 valence electrons. The molecule has 0 bridgehead atoms. The topological polar surface area (TPSA) is 65.8 Å². The normalized spacial score (nSPS) is 16.1. The van der Waals surface area contributed by atoms with Crippen LogP contribution in [0, 0.1) is 6.92 Å². The molecule has 0 spiro atoms. The molecule has 7 nitrogen and oxygen atoms in total. The van der Waals surface area contributed by atoms with Crippen LogP contribution < -0.4 is 14.2 Å². The number of aryl methyl sites for hydroxylation is 1. The van der Waals surface area contributed by atoms with Gasteiger partial charge in [0.2, 0.25) is 5.78 Å². The van der Waals surface area contributed by atoms with Gasteiger partial charge >= 0.3 is 0 Å². The predicted octanol–water partition coefficient (Wildman–Crippen LogP) is 5.34. The first-order chi connectivity index (χ1) is 17.6. The molecule has 0 amide bonds. The van der Waals surface area contributed by atoms with Crippen LogP contribution in [0.4, 0.5) is 0 Å². The molecule has 2 aliphatic rings. The molecular formula is C29H27N3O4. The molecule has 0 saturated carbocycles. The number of pyridine rings is 1. The molecule has 2 aromatic heterocycles. The van der Waals surface area contributed by atoms with Crippen LogP contribution >= 0.6 is 0 Å². The fourth-order valence-corrected chi connectivity index (χ4v) is 5.07. The van der Waals surface area contributed by atoms with E-state index in [-0.39, 0.29) is 5.78 Å². The Balaban J connectivity index is 1.33. The average Bonchev–Trinajstić information content (AvgIpc) is 3.41. The van der Waals surface area contributed by atoms with Crippen molar-refractivity contribution in [2.24, 2.45) is 0 Å². The molecule has 7 heteroatoms. The molecule has 0 radical (unpaired) electrons. The zero-order valence-corrected chi connectivity index (χ0v) is 20.6. The lowest BCUT2D eigenvalue weighted by molar-refractivity contribution is 0.0865. The van der Waals surface area contributed by atoms with E-state index in [1.165, 1.54) is 0 Å². The summed E-state index contributed by atoms with van der Waals surface area (Å²) >= 11 is 0. The number of Topliss-reactive ketones (excluding diaryl/α,β-unsaturated/α-hetero) is 1. The van der Waals surface area contributed by atoms with Crippen molar-refractivity contribution in [1.82, 2.24) is 14.5 Å². The van der Waals surface area contributed by atoms with Crippen LogP contribution in [-0.4, -0.2) is 34.1 Å². The Kier molecular flexibility index (Phi) is 5.49. The largest absolute Gasteiger partial charge is 0.497 e. The molecule has 0 aliphatic carbocycles. The van der Waals surface area contributed by atoms with Gasteiger partial charge in [0.05, 0.1) is 18.4 Å². The minimum Gasteiger partial charge on any atom is -0.497 e. The number of ether oxygens (including phenoxy) is 3. The van der Waals surface area contributed by atoms with E-state index in [1.54, 1.807) is 13.3 Å². The standard InChI is InChI=1S/C29H27N3O4/c1-4-32-15-19(23-13-22(34-3)8-9-25(23)32)12-26-27(33)24-11-20-14-31(16-21-7-5-6-10-30-21)17-35-28(20)18(2)29(24)36-26/h5-13,15H,4,14,16-17H2,1-3H3/b26-12-. The average molecular weight is 482 g/mol. The number of rotatable bonds is 5. The number of carbonyl (C=O) groups excluding carboxylic acids is 1. The Hall–Kier alpha value is -4.10. The third-order valence-electron chi connectivity index (χ3n) is 6.86. The quantitative estimate of drug-likeness (QED) is 0.359. The van der Waals surface area contributed by atoms with E-state index in [1.807, 2.05) is 61.7 Å². The van der Waals surface area contributed by atoms with Crippen LogP contribution in [0.25, 0.3) is 17.0 Å². The first-order valence-corrected chi connectivity index (χ1v) is 12.1. The van der Waals surface area contributed by atoms with E-state index >= 15 is 0 Å². The second-order valence-corrected chi connectivity index (χ2v) is 9.14. The number of allylic oxidation sites excluding steroid dienone is 1. The van der Waals surface area contributed by atoms with E-state index in [0.29, 0.717) is 36.9 Å². The number of carbonyl (C=O) groups is 1. The van der Waals surface area contributed by atoms with Gasteiger partial charge in [0.1, 0.15) is 24.0 Å². The summed E-state index contributed by atoms with van der Waals surface area (Å²) in [6.45, 7) is 6.68. The number of hydrogen-bond acceptors (Lipinski definition) is 6. The minimum absolute atomic E-state index is 0.113. The van der Waals surface area contributed by atoms with Crippen molar-refractivity contribution in [3.8, 4) is 17.2 Å². The summed E-state index contributed by atoms with van der Waals surface area (Å²) in [5.41, 5.74) is 5.41. The fourth-order valence-electron chi connectivity index (χ4n) is 5.07. The zero-order valence-electron chi connectivity index (χ0n) is 20.6. The smallest absolute Gasteiger partial charge is 0.231 e. The Morgan fingerprint density at radius 2 is 2.06 bits per heavy atom. The van der Waals surface area contributed by atoms with Gasteiger partial charge in [0.15, 0.2) is 5.76 Å². The highest BCUT2D eigenvalue weighted by molar-refractivity contribution is 6.15. The summed E-state index contributed by atoms with van der Waals surface area (Å²) in [6.07, 6.45) is 5.68. The van der Waals surface area contributed by atoms with Crippen molar-refractivity contribution in [3.05, 3.63) is 88.6 Å². The van der Waals surface area contributed by atoms with Crippen molar-refractivity contribution in [2.75, 3.05) is 13.8 Å². The number of nitrogens with zero attached hydrogens (tertiary/aromatic N) is 3. The third-order valence-corrected chi connectivity index (χ3v) is 6.86. The van der Waals surface area contributed by atoms with Gasteiger partial charge in [-0.05, 0) is 56.3 Å². The molecule has 2 aromatic carbocycles. The van der Waals surface area contributed by atoms with Crippen LogP contribution in [0.1, 0.15) is 39.7 Å². The second kappa shape index (κ2) is 8.84. The number of aromatic nitrogens is 2. The Morgan fingerprint density at radius 1 is 1.17 bits per heavy atom. The lowest BCUT2D eigenvalue weighted by Gasteiger charge is -2.30. The van der Waals surface area contributed by atoms with E-state index in [4.69, 9.17) is 14.2 Å². The van der Waals surface area contributed by atoms with Crippen molar-refractivity contribution < 1.29 is 19.0 Å². The van der Waals surface area contributed by atoms with Gasteiger partial charge in [-0.15, -0.1) is 0 Å². The van der Waals surface area contributed by atoms with Crippen LogP contribution in [0.15, 0.2) is 60.6 Å². The Bertz CT molecular complexity index is 1520. The van der Waals surface area contributed by atoms with Crippen LogP contribution in [0.5, 0.6) is 17.2 Å². The summed E-state index contributed by atoms with van der Waals surface area (Å²) < 4.78 is 19.9. The van der Waals surface area contributed by atoms with Gasteiger partial charge in [0, 0.05) is 59.6 Å². The summed E-state index contributed by atoms with van der Waals surface area (Å²) in [4.78, 5) is 20.0. The maximum absolute atomic E-state index is 13.5. The van der Waals surface area contributed by atoms with E-state index in [2.05, 4.69) is 21.4 Å². The second-order valence-electron chi connectivity index (χ2n) is 9.14. The van der Waals surface area contributed by atoms with Gasteiger partial charge in [-0.3, -0.25) is 14.7 Å². The van der Waals surface area contributed by atoms with Crippen LogP contribution in [0.2, 0.25) is 0 Å². The molecule has 4 aromatic rings. The molecule has 0 N–H and O–H groups in total. The summed E-state index contributed by atoms with van der Waals surface area (Å²) in [6, 6.07) is 13.8. The van der Waals surface area contributed by atoms with E-state index < -0.39 is 0 Å². The number of benzene rings is 2. The van der Waals surface area contributed by atoms with Gasteiger partial charge in [-0.2, -0.15) is 0 Å². The molecule has 36 heavy (non-hydrogen) atoms. The molecule has 4 heterocycles. The third kappa shape index (κ3) is 3.72. The minimum atomic E-state index is -0.113. The zero-order chi connectivity index (χ0) is 24.8.